The highest BCUT2D eigenvalue weighted by Gasteiger charge is 2.15. The first-order valence-corrected chi connectivity index (χ1v) is 10.3. The van der Waals surface area contributed by atoms with Crippen molar-refractivity contribution in [3.05, 3.63) is 88.2 Å². The Hall–Kier alpha value is -2.36. The second-order valence-electron chi connectivity index (χ2n) is 7.01. The Morgan fingerprint density at radius 3 is 2.38 bits per heavy atom. The Balaban J connectivity index is 0.00000363. The van der Waals surface area contributed by atoms with Gasteiger partial charge in [-0.15, -0.1) is 0 Å². The fourth-order valence-corrected chi connectivity index (χ4v) is 3.38. The van der Waals surface area contributed by atoms with Crippen molar-refractivity contribution in [1.29, 1.82) is 0 Å². The number of esters is 1. The van der Waals surface area contributed by atoms with E-state index in [1.165, 1.54) is 4.90 Å². The monoisotopic (exact) mass is 585 g/mol. The van der Waals surface area contributed by atoms with Gasteiger partial charge in [0.1, 0.15) is 5.56 Å². The molecule has 1 heterocycles. The van der Waals surface area contributed by atoms with E-state index in [1.807, 2.05) is 24.3 Å². The fraction of sp³-hybridized carbons (Fsp3) is 0.174. The molecule has 0 radical (unpaired) electrons. The number of carbonyl (C=O) groups is 2. The third-order valence-electron chi connectivity index (χ3n) is 4.46. The second-order valence-corrected chi connectivity index (χ2v) is 7.82. The van der Waals surface area contributed by atoms with Gasteiger partial charge in [0, 0.05) is 25.8 Å². The summed E-state index contributed by atoms with van der Waals surface area (Å²) in [5.74, 6) is -0.532. The van der Waals surface area contributed by atoms with Gasteiger partial charge in [-0.3, -0.25) is 9.59 Å². The maximum atomic E-state index is 12.5. The van der Waals surface area contributed by atoms with Crippen molar-refractivity contribution in [2.45, 2.75) is 13.2 Å². The van der Waals surface area contributed by atoms with Crippen molar-refractivity contribution in [3.63, 3.8) is 0 Å². The SMILES string of the molecule is CN(C)C(=O)c1ccc[n+](COC(=O)Cc2ccccc2Nc2c(Cl)cccc2Cl)c1.[I-]. The number of carbonyl (C=O) groups excluding carboxylic acids is 2. The molecule has 6 nitrogen and oxygen atoms in total. The van der Waals surface area contributed by atoms with Gasteiger partial charge in [-0.1, -0.05) is 47.5 Å². The molecule has 32 heavy (non-hydrogen) atoms. The molecule has 168 valence electrons. The van der Waals surface area contributed by atoms with Gasteiger partial charge in [-0.25, -0.2) is 0 Å². The summed E-state index contributed by atoms with van der Waals surface area (Å²) in [4.78, 5) is 26.0. The minimum absolute atomic E-state index is 0. The zero-order valence-corrected chi connectivity index (χ0v) is 21.2. The summed E-state index contributed by atoms with van der Waals surface area (Å²) in [5, 5.41) is 4.16. The van der Waals surface area contributed by atoms with E-state index in [2.05, 4.69) is 5.32 Å². The summed E-state index contributed by atoms with van der Waals surface area (Å²) in [6.45, 7) is -0.000676. The maximum absolute atomic E-state index is 12.5. The second kappa shape index (κ2) is 12.0. The van der Waals surface area contributed by atoms with Crippen LogP contribution in [0.1, 0.15) is 15.9 Å². The topological polar surface area (TPSA) is 62.5 Å². The number of benzene rings is 2. The highest BCUT2D eigenvalue weighted by Crippen LogP contribution is 2.33. The van der Waals surface area contributed by atoms with Crippen molar-refractivity contribution in [2.75, 3.05) is 19.4 Å². The highest BCUT2D eigenvalue weighted by molar-refractivity contribution is 6.39. The quantitative estimate of drug-likeness (QED) is 0.259. The Labute approximate surface area is 214 Å². The molecule has 1 amide bonds. The first kappa shape index (κ1) is 25.9. The standard InChI is InChI=1S/C23H22Cl2N3O3.HI/c1-27(2)23(30)17-8-6-12-28(14-17)15-31-21(29)13-16-7-3-4-11-20(16)26-22-18(24)9-5-10-19(22)25;/h3-12,14,26H,13,15H2,1-2H3;1H/q+1;/p-1. The van der Waals surface area contributed by atoms with E-state index in [-0.39, 0.29) is 43.0 Å². The van der Waals surface area contributed by atoms with Crippen molar-refractivity contribution in [3.8, 4) is 0 Å². The number of anilines is 2. The molecule has 0 spiro atoms. The third kappa shape index (κ3) is 6.82. The maximum Gasteiger partial charge on any atom is 0.315 e. The molecular formula is C23H22Cl2IN3O3. The van der Waals surface area contributed by atoms with E-state index in [0.29, 0.717) is 27.0 Å². The van der Waals surface area contributed by atoms with Crippen LogP contribution >= 0.6 is 23.2 Å². The molecule has 0 bridgehead atoms. The molecule has 0 saturated carbocycles. The average molecular weight is 586 g/mol. The molecule has 3 rings (SSSR count). The van der Waals surface area contributed by atoms with Crippen LogP contribution in [0.4, 0.5) is 11.4 Å². The van der Waals surface area contributed by atoms with Crippen molar-refractivity contribution >= 4 is 46.5 Å². The predicted octanol–water partition coefficient (Wildman–Crippen LogP) is 1.47. The molecule has 9 heteroatoms. The number of amides is 1. The molecule has 1 aromatic heterocycles. The normalized spacial score (nSPS) is 10.1. The number of para-hydroxylation sites is 2. The van der Waals surface area contributed by atoms with Crippen LogP contribution in [-0.2, 0) is 22.7 Å². The van der Waals surface area contributed by atoms with Crippen LogP contribution in [0.5, 0.6) is 0 Å². The zero-order chi connectivity index (χ0) is 22.4. The van der Waals surface area contributed by atoms with E-state index in [9.17, 15) is 9.59 Å². The number of ether oxygens (including phenoxy) is 1. The van der Waals surface area contributed by atoms with Gasteiger partial charge in [0.15, 0.2) is 12.4 Å². The van der Waals surface area contributed by atoms with E-state index >= 15 is 0 Å². The van der Waals surface area contributed by atoms with Gasteiger partial charge in [-0.2, -0.15) is 4.57 Å². The first-order chi connectivity index (χ1) is 14.8. The van der Waals surface area contributed by atoms with Crippen molar-refractivity contribution < 1.29 is 42.9 Å². The fourth-order valence-electron chi connectivity index (χ4n) is 2.89. The number of pyridine rings is 1. The van der Waals surface area contributed by atoms with Crippen molar-refractivity contribution in [2.24, 2.45) is 0 Å². The molecule has 2 aromatic carbocycles. The van der Waals surface area contributed by atoms with Gasteiger partial charge in [0.2, 0.25) is 0 Å². The summed E-state index contributed by atoms with van der Waals surface area (Å²) in [7, 11) is 3.36. The molecule has 0 fully saturated rings. The number of nitrogens with one attached hydrogen (secondary N) is 1. The van der Waals surface area contributed by atoms with Crippen LogP contribution in [0.2, 0.25) is 10.0 Å². The van der Waals surface area contributed by atoms with Gasteiger partial charge in [0.05, 0.1) is 22.2 Å². The predicted molar refractivity (Wildman–Crippen MR) is 121 cm³/mol. The van der Waals surface area contributed by atoms with Gasteiger partial charge >= 0.3 is 5.97 Å². The molecule has 3 aromatic rings. The third-order valence-corrected chi connectivity index (χ3v) is 5.09. The lowest BCUT2D eigenvalue weighted by molar-refractivity contribution is -0.727. The first-order valence-electron chi connectivity index (χ1n) is 9.50. The Morgan fingerprint density at radius 1 is 1.00 bits per heavy atom. The summed E-state index contributed by atoms with van der Waals surface area (Å²) < 4.78 is 7.04. The molecule has 1 N–H and O–H groups in total. The van der Waals surface area contributed by atoms with Crippen molar-refractivity contribution in [1.82, 2.24) is 4.90 Å². The lowest BCUT2D eigenvalue weighted by Gasteiger charge is -2.14. The molecule has 0 aliphatic carbocycles. The molecular weight excluding hydrogens is 564 g/mol. The van der Waals surface area contributed by atoms with Gasteiger partial charge in [0.25, 0.3) is 12.6 Å². The summed E-state index contributed by atoms with van der Waals surface area (Å²) in [5.41, 5.74) is 2.53. The van der Waals surface area contributed by atoms with Crippen LogP contribution < -0.4 is 33.9 Å². The Kier molecular flexibility index (Phi) is 9.74. The number of halogens is 3. The van der Waals surface area contributed by atoms with Crippen LogP contribution in [0, 0.1) is 0 Å². The largest absolute Gasteiger partial charge is 1.00 e. The van der Waals surface area contributed by atoms with Crippen LogP contribution in [0.25, 0.3) is 0 Å². The van der Waals surface area contributed by atoms with Gasteiger partial charge in [-0.05, 0) is 29.8 Å². The van der Waals surface area contributed by atoms with E-state index < -0.39 is 5.97 Å². The summed E-state index contributed by atoms with van der Waals surface area (Å²) in [6, 6.07) is 16.0. The molecule has 0 aliphatic heterocycles. The summed E-state index contributed by atoms with van der Waals surface area (Å²) in [6.07, 6.45) is 3.43. The minimum atomic E-state index is -0.406. The lowest BCUT2D eigenvalue weighted by atomic mass is 10.1. The number of aromatic nitrogens is 1. The molecule has 0 atom stereocenters. The average Bonchev–Trinajstić information content (AvgIpc) is 2.75. The lowest BCUT2D eigenvalue weighted by Crippen LogP contribution is -3.00. The van der Waals surface area contributed by atoms with Crippen LogP contribution in [0.15, 0.2) is 67.0 Å². The number of hydrogen-bond donors (Lipinski definition) is 1. The number of nitrogens with zero attached hydrogens (tertiary/aromatic N) is 2. The minimum Gasteiger partial charge on any atom is -1.00 e. The van der Waals surface area contributed by atoms with Crippen LogP contribution in [0.3, 0.4) is 0 Å². The van der Waals surface area contributed by atoms with Crippen LogP contribution in [-0.4, -0.2) is 30.9 Å². The Morgan fingerprint density at radius 2 is 1.69 bits per heavy atom. The van der Waals surface area contributed by atoms with E-state index in [4.69, 9.17) is 27.9 Å². The van der Waals surface area contributed by atoms with E-state index in [1.54, 1.807) is 61.4 Å². The molecule has 0 saturated heterocycles. The Bertz CT molecular complexity index is 1090. The number of hydrogen-bond acceptors (Lipinski definition) is 4. The zero-order valence-electron chi connectivity index (χ0n) is 17.5. The van der Waals surface area contributed by atoms with Gasteiger partial charge < -0.3 is 38.9 Å². The highest BCUT2D eigenvalue weighted by atomic mass is 127. The molecule has 0 aliphatic rings. The number of rotatable bonds is 7. The smallest absolute Gasteiger partial charge is 0.315 e. The van der Waals surface area contributed by atoms with E-state index in [0.717, 1.165) is 5.56 Å². The summed E-state index contributed by atoms with van der Waals surface area (Å²) >= 11 is 12.5. The molecule has 0 unspecified atom stereocenters.